The molecular formula is C15H14N2O2. The van der Waals surface area contributed by atoms with Crippen LogP contribution in [0.3, 0.4) is 0 Å². The highest BCUT2D eigenvalue weighted by molar-refractivity contribution is 6.00. The Labute approximate surface area is 110 Å². The van der Waals surface area contributed by atoms with Gasteiger partial charge in [0, 0.05) is 5.39 Å². The minimum Gasteiger partial charge on any atom is -0.462 e. The molecule has 0 aliphatic heterocycles. The number of hydrogen-bond donors (Lipinski definition) is 0. The van der Waals surface area contributed by atoms with Crippen molar-refractivity contribution in [2.24, 2.45) is 0 Å². The Balaban J connectivity index is 2.33. The molecule has 0 atom stereocenters. The first-order valence-electron chi connectivity index (χ1n) is 6.26. The van der Waals surface area contributed by atoms with Crippen LogP contribution in [0.15, 0.2) is 36.4 Å². The minimum absolute atomic E-state index is 0.315. The summed E-state index contributed by atoms with van der Waals surface area (Å²) in [6.45, 7) is 3.99. The molecule has 0 spiro atoms. The summed E-state index contributed by atoms with van der Waals surface area (Å²) in [7, 11) is 0. The average molecular weight is 254 g/mol. The first kappa shape index (κ1) is 11.7. The highest BCUT2D eigenvalue weighted by atomic mass is 16.5. The maximum absolute atomic E-state index is 12.0. The van der Waals surface area contributed by atoms with Crippen LogP contribution in [-0.4, -0.2) is 22.2 Å². The number of carbonyl (C=O) groups is 1. The number of aromatic nitrogens is 2. The predicted octanol–water partition coefficient (Wildman–Crippen LogP) is 2.97. The van der Waals surface area contributed by atoms with E-state index in [1.54, 1.807) is 11.4 Å². The number of para-hydroxylation sites is 1. The van der Waals surface area contributed by atoms with E-state index < -0.39 is 0 Å². The quantitative estimate of drug-likeness (QED) is 0.660. The number of rotatable bonds is 2. The smallest absolute Gasteiger partial charge is 0.342 e. The summed E-state index contributed by atoms with van der Waals surface area (Å²) in [5, 5.41) is 5.55. The van der Waals surface area contributed by atoms with Gasteiger partial charge in [0.15, 0.2) is 0 Å². The van der Waals surface area contributed by atoms with Crippen molar-refractivity contribution in [2.75, 3.05) is 6.61 Å². The lowest BCUT2D eigenvalue weighted by atomic mass is 10.1. The molecule has 3 rings (SSSR count). The monoisotopic (exact) mass is 254 g/mol. The van der Waals surface area contributed by atoms with Crippen molar-refractivity contribution in [1.29, 1.82) is 0 Å². The Morgan fingerprint density at radius 3 is 2.79 bits per heavy atom. The number of esters is 1. The SMILES string of the molecule is CCOC(=O)c1c(C)nn2c1ccc1ccccc12. The highest BCUT2D eigenvalue weighted by Gasteiger charge is 2.18. The van der Waals surface area contributed by atoms with Crippen LogP contribution in [0.2, 0.25) is 0 Å². The summed E-state index contributed by atoms with van der Waals surface area (Å²) in [6.07, 6.45) is 0. The molecule has 1 aromatic carbocycles. The van der Waals surface area contributed by atoms with Crippen molar-refractivity contribution >= 4 is 22.4 Å². The van der Waals surface area contributed by atoms with Crippen LogP contribution in [0.1, 0.15) is 23.0 Å². The molecule has 4 nitrogen and oxygen atoms in total. The molecule has 0 N–H and O–H groups in total. The number of aryl methyl sites for hydroxylation is 1. The second-order valence-corrected chi connectivity index (χ2v) is 4.37. The van der Waals surface area contributed by atoms with Crippen molar-refractivity contribution in [3.8, 4) is 0 Å². The zero-order valence-corrected chi connectivity index (χ0v) is 10.9. The van der Waals surface area contributed by atoms with Crippen LogP contribution in [0.5, 0.6) is 0 Å². The molecule has 0 saturated heterocycles. The molecule has 0 aliphatic rings. The van der Waals surface area contributed by atoms with Crippen molar-refractivity contribution in [1.82, 2.24) is 9.61 Å². The van der Waals surface area contributed by atoms with Gasteiger partial charge in [-0.1, -0.05) is 24.3 Å². The van der Waals surface area contributed by atoms with Gasteiger partial charge in [-0.15, -0.1) is 0 Å². The van der Waals surface area contributed by atoms with E-state index in [0.29, 0.717) is 17.9 Å². The second kappa shape index (κ2) is 4.39. The number of pyridine rings is 1. The van der Waals surface area contributed by atoms with Gasteiger partial charge in [0.05, 0.1) is 23.3 Å². The molecule has 2 heterocycles. The van der Waals surface area contributed by atoms with E-state index in [0.717, 1.165) is 16.4 Å². The fourth-order valence-corrected chi connectivity index (χ4v) is 2.33. The molecule has 4 heteroatoms. The number of carbonyl (C=O) groups excluding carboxylic acids is 1. The predicted molar refractivity (Wildman–Crippen MR) is 73.4 cm³/mol. The fourth-order valence-electron chi connectivity index (χ4n) is 2.33. The van der Waals surface area contributed by atoms with E-state index in [1.807, 2.05) is 43.3 Å². The summed E-state index contributed by atoms with van der Waals surface area (Å²) < 4.78 is 6.90. The van der Waals surface area contributed by atoms with E-state index in [-0.39, 0.29) is 5.97 Å². The van der Waals surface area contributed by atoms with Crippen LogP contribution in [0, 0.1) is 6.92 Å². The maximum atomic E-state index is 12.0. The summed E-state index contributed by atoms with van der Waals surface area (Å²) in [5.41, 5.74) is 3.01. The molecule has 19 heavy (non-hydrogen) atoms. The van der Waals surface area contributed by atoms with E-state index in [9.17, 15) is 4.79 Å². The minimum atomic E-state index is -0.315. The van der Waals surface area contributed by atoms with Crippen molar-refractivity contribution in [3.63, 3.8) is 0 Å². The van der Waals surface area contributed by atoms with Crippen LogP contribution >= 0.6 is 0 Å². The van der Waals surface area contributed by atoms with Crippen LogP contribution in [-0.2, 0) is 4.74 Å². The number of ether oxygens (including phenoxy) is 1. The Morgan fingerprint density at radius 2 is 2.00 bits per heavy atom. The van der Waals surface area contributed by atoms with Gasteiger partial charge in [-0.25, -0.2) is 9.31 Å². The molecule has 0 fully saturated rings. The first-order chi connectivity index (χ1) is 9.22. The van der Waals surface area contributed by atoms with E-state index in [4.69, 9.17) is 4.74 Å². The molecule has 0 radical (unpaired) electrons. The number of benzene rings is 1. The number of hydrogen-bond acceptors (Lipinski definition) is 3. The van der Waals surface area contributed by atoms with E-state index >= 15 is 0 Å². The van der Waals surface area contributed by atoms with Gasteiger partial charge in [-0.3, -0.25) is 0 Å². The van der Waals surface area contributed by atoms with Gasteiger partial charge >= 0.3 is 5.97 Å². The highest BCUT2D eigenvalue weighted by Crippen LogP contribution is 2.22. The van der Waals surface area contributed by atoms with Crippen molar-refractivity contribution in [2.45, 2.75) is 13.8 Å². The van der Waals surface area contributed by atoms with Gasteiger partial charge < -0.3 is 4.74 Å². The van der Waals surface area contributed by atoms with Crippen LogP contribution in [0.25, 0.3) is 16.4 Å². The summed E-state index contributed by atoms with van der Waals surface area (Å²) in [6, 6.07) is 11.9. The van der Waals surface area contributed by atoms with Crippen LogP contribution < -0.4 is 0 Å². The molecule has 0 unspecified atom stereocenters. The van der Waals surface area contributed by atoms with Gasteiger partial charge in [0.1, 0.15) is 5.56 Å². The zero-order chi connectivity index (χ0) is 13.4. The summed E-state index contributed by atoms with van der Waals surface area (Å²) in [4.78, 5) is 12.0. The second-order valence-electron chi connectivity index (χ2n) is 4.37. The summed E-state index contributed by atoms with van der Waals surface area (Å²) >= 11 is 0. The third kappa shape index (κ3) is 1.76. The van der Waals surface area contributed by atoms with E-state index in [1.165, 1.54) is 0 Å². The van der Waals surface area contributed by atoms with Gasteiger partial charge in [0.25, 0.3) is 0 Å². The third-order valence-electron chi connectivity index (χ3n) is 3.16. The Morgan fingerprint density at radius 1 is 1.21 bits per heavy atom. The lowest BCUT2D eigenvalue weighted by Crippen LogP contribution is -2.05. The Kier molecular flexibility index (Phi) is 2.71. The van der Waals surface area contributed by atoms with Gasteiger partial charge in [0.2, 0.25) is 0 Å². The Hall–Kier alpha value is -2.36. The lowest BCUT2D eigenvalue weighted by molar-refractivity contribution is 0.0528. The van der Waals surface area contributed by atoms with Crippen LogP contribution in [0.4, 0.5) is 0 Å². The largest absolute Gasteiger partial charge is 0.462 e. The number of nitrogens with zero attached hydrogens (tertiary/aromatic N) is 2. The molecule has 0 amide bonds. The third-order valence-corrected chi connectivity index (χ3v) is 3.16. The zero-order valence-electron chi connectivity index (χ0n) is 10.9. The molecule has 0 aliphatic carbocycles. The Bertz CT molecular complexity index is 774. The molecule has 0 bridgehead atoms. The van der Waals surface area contributed by atoms with Crippen molar-refractivity contribution < 1.29 is 9.53 Å². The number of fused-ring (bicyclic) bond motifs is 3. The van der Waals surface area contributed by atoms with E-state index in [2.05, 4.69) is 5.10 Å². The van der Waals surface area contributed by atoms with Gasteiger partial charge in [-0.05, 0) is 26.0 Å². The molecule has 3 aromatic rings. The standard InChI is InChI=1S/C15H14N2O2/c1-3-19-15(18)14-10(2)16-17-12-7-5-4-6-11(12)8-9-13(14)17/h4-9H,3H2,1-2H3. The summed E-state index contributed by atoms with van der Waals surface area (Å²) in [5.74, 6) is -0.315. The van der Waals surface area contributed by atoms with Gasteiger partial charge in [-0.2, -0.15) is 5.10 Å². The fraction of sp³-hybridized carbons (Fsp3) is 0.200. The first-order valence-corrected chi connectivity index (χ1v) is 6.26. The maximum Gasteiger partial charge on any atom is 0.342 e. The molecule has 96 valence electrons. The topological polar surface area (TPSA) is 43.6 Å². The molecular weight excluding hydrogens is 240 g/mol. The molecule has 2 aromatic heterocycles. The average Bonchev–Trinajstić information content (AvgIpc) is 2.75. The molecule has 0 saturated carbocycles. The van der Waals surface area contributed by atoms with Crippen molar-refractivity contribution in [3.05, 3.63) is 47.7 Å². The normalized spacial score (nSPS) is 11.1. The lowest BCUT2D eigenvalue weighted by Gasteiger charge is -2.02.